The lowest BCUT2D eigenvalue weighted by atomic mass is 10.1. The molecule has 0 aliphatic carbocycles. The Labute approximate surface area is 115 Å². The summed E-state index contributed by atoms with van der Waals surface area (Å²) in [5, 5.41) is 1.60. The Morgan fingerprint density at radius 2 is 1.33 bits per heavy atom. The summed E-state index contributed by atoms with van der Waals surface area (Å²) in [6.45, 7) is 4.75. The fourth-order valence-corrected chi connectivity index (χ4v) is 4.22. The van der Waals surface area contributed by atoms with E-state index >= 15 is 0 Å². The molecular formula is C17H29Si. The van der Waals surface area contributed by atoms with E-state index in [9.17, 15) is 0 Å². The standard InChI is InChI=1S/C17H29Si/c1-3-4-5-6-7-8-9-13-16-18(2)17-14-11-10-12-15-17/h10-12,14-15H,3-9,13,16H2,1-2H3. The second-order valence-corrected chi connectivity index (χ2v) is 8.01. The Bertz CT molecular complexity index is 281. The molecule has 0 heterocycles. The maximum atomic E-state index is 2.46. The average Bonchev–Trinajstić information content (AvgIpc) is 2.42. The van der Waals surface area contributed by atoms with Gasteiger partial charge in [-0.1, -0.05) is 106 Å². The zero-order valence-electron chi connectivity index (χ0n) is 12.3. The van der Waals surface area contributed by atoms with Gasteiger partial charge >= 0.3 is 0 Å². The molecule has 0 aliphatic rings. The fourth-order valence-electron chi connectivity index (χ4n) is 2.39. The quantitative estimate of drug-likeness (QED) is 0.403. The van der Waals surface area contributed by atoms with E-state index < -0.39 is 0 Å². The molecule has 1 heteroatoms. The second-order valence-electron chi connectivity index (χ2n) is 5.37. The molecule has 0 fully saturated rings. The lowest BCUT2D eigenvalue weighted by Gasteiger charge is -2.09. The zero-order valence-corrected chi connectivity index (χ0v) is 13.3. The van der Waals surface area contributed by atoms with Crippen LogP contribution in [0.4, 0.5) is 0 Å². The minimum atomic E-state index is -0.268. The van der Waals surface area contributed by atoms with Crippen LogP contribution in [0.15, 0.2) is 30.3 Å². The number of unbranched alkanes of at least 4 members (excludes halogenated alkanes) is 7. The second kappa shape index (κ2) is 10.4. The molecule has 0 unspecified atom stereocenters. The third-order valence-electron chi connectivity index (χ3n) is 3.67. The predicted octanol–water partition coefficient (Wildman–Crippen LogP) is 5.16. The summed E-state index contributed by atoms with van der Waals surface area (Å²) >= 11 is 0. The highest BCUT2D eigenvalue weighted by atomic mass is 28.3. The first kappa shape index (κ1) is 15.5. The Morgan fingerprint density at radius 1 is 0.778 bits per heavy atom. The molecule has 101 valence electrons. The number of rotatable bonds is 10. The minimum absolute atomic E-state index is 0.268. The highest BCUT2D eigenvalue weighted by molar-refractivity contribution is 6.71. The van der Waals surface area contributed by atoms with Crippen LogP contribution in [0.25, 0.3) is 0 Å². The van der Waals surface area contributed by atoms with Crippen molar-refractivity contribution in [3.05, 3.63) is 30.3 Å². The van der Waals surface area contributed by atoms with Crippen molar-refractivity contribution in [1.29, 1.82) is 0 Å². The van der Waals surface area contributed by atoms with Crippen molar-refractivity contribution in [3.63, 3.8) is 0 Å². The Balaban J connectivity index is 1.98. The predicted molar refractivity (Wildman–Crippen MR) is 85.1 cm³/mol. The van der Waals surface area contributed by atoms with E-state index in [-0.39, 0.29) is 8.80 Å². The average molecular weight is 262 g/mol. The molecule has 0 saturated carbocycles. The summed E-state index contributed by atoms with van der Waals surface area (Å²) in [7, 11) is -0.268. The lowest BCUT2D eigenvalue weighted by Crippen LogP contribution is -2.25. The van der Waals surface area contributed by atoms with Gasteiger partial charge in [0, 0.05) is 0 Å². The molecule has 0 atom stereocenters. The maximum Gasteiger partial charge on any atom is 0.0824 e. The van der Waals surface area contributed by atoms with Crippen LogP contribution in [0.3, 0.4) is 0 Å². The van der Waals surface area contributed by atoms with Gasteiger partial charge in [0.1, 0.15) is 0 Å². The van der Waals surface area contributed by atoms with Crippen LogP contribution in [-0.4, -0.2) is 8.80 Å². The summed E-state index contributed by atoms with van der Waals surface area (Å²) in [5.41, 5.74) is 0. The molecule has 0 nitrogen and oxygen atoms in total. The molecule has 1 aromatic rings. The molecule has 0 aliphatic heterocycles. The molecule has 1 aromatic carbocycles. The molecule has 0 amide bonds. The van der Waals surface area contributed by atoms with Gasteiger partial charge in [-0.3, -0.25) is 0 Å². The normalized spacial score (nSPS) is 11.1. The molecular weight excluding hydrogens is 232 g/mol. The van der Waals surface area contributed by atoms with Gasteiger partial charge in [-0.25, -0.2) is 0 Å². The van der Waals surface area contributed by atoms with Gasteiger partial charge in [-0.15, -0.1) is 0 Å². The molecule has 1 radical (unpaired) electrons. The summed E-state index contributed by atoms with van der Waals surface area (Å²) in [6.07, 6.45) is 11.5. The third-order valence-corrected chi connectivity index (χ3v) is 6.09. The Kier molecular flexibility index (Phi) is 8.92. The van der Waals surface area contributed by atoms with E-state index in [0.717, 1.165) is 0 Å². The largest absolute Gasteiger partial charge is 0.0824 e. The molecule has 0 aromatic heterocycles. The van der Waals surface area contributed by atoms with E-state index in [4.69, 9.17) is 0 Å². The van der Waals surface area contributed by atoms with Gasteiger partial charge in [0.25, 0.3) is 0 Å². The molecule has 0 spiro atoms. The number of hydrogen-bond acceptors (Lipinski definition) is 0. The molecule has 0 N–H and O–H groups in total. The van der Waals surface area contributed by atoms with E-state index in [1.165, 1.54) is 57.4 Å². The smallest absolute Gasteiger partial charge is 0.0669 e. The molecule has 1 rings (SSSR count). The summed E-state index contributed by atoms with van der Waals surface area (Å²) < 4.78 is 0. The highest BCUT2D eigenvalue weighted by Gasteiger charge is 2.06. The van der Waals surface area contributed by atoms with E-state index in [1.807, 2.05) is 0 Å². The first-order chi connectivity index (χ1) is 8.84. The maximum absolute atomic E-state index is 2.46. The van der Waals surface area contributed by atoms with Gasteiger partial charge in [-0.2, -0.15) is 0 Å². The van der Waals surface area contributed by atoms with Crippen LogP contribution in [0.5, 0.6) is 0 Å². The van der Waals surface area contributed by atoms with E-state index in [0.29, 0.717) is 0 Å². The summed E-state index contributed by atoms with van der Waals surface area (Å²) in [5.74, 6) is 0. The van der Waals surface area contributed by atoms with Crippen molar-refractivity contribution in [2.45, 2.75) is 70.9 Å². The SMILES string of the molecule is CCCCCCCCCC[Si](C)c1ccccc1. The van der Waals surface area contributed by atoms with Crippen LogP contribution in [-0.2, 0) is 0 Å². The topological polar surface area (TPSA) is 0 Å². The first-order valence-corrected chi connectivity index (χ1v) is 9.93. The molecule has 0 saturated heterocycles. The van der Waals surface area contributed by atoms with Crippen molar-refractivity contribution in [3.8, 4) is 0 Å². The van der Waals surface area contributed by atoms with Gasteiger partial charge in [0.15, 0.2) is 0 Å². The van der Waals surface area contributed by atoms with E-state index in [1.54, 1.807) is 5.19 Å². The van der Waals surface area contributed by atoms with Crippen LogP contribution >= 0.6 is 0 Å². The monoisotopic (exact) mass is 261 g/mol. The zero-order chi connectivity index (χ0) is 13.1. The highest BCUT2D eigenvalue weighted by Crippen LogP contribution is 2.11. The Morgan fingerprint density at radius 3 is 1.94 bits per heavy atom. The van der Waals surface area contributed by atoms with Crippen LogP contribution in [0.2, 0.25) is 12.6 Å². The summed E-state index contributed by atoms with van der Waals surface area (Å²) in [6, 6.07) is 12.5. The Hall–Kier alpha value is -0.563. The van der Waals surface area contributed by atoms with Crippen molar-refractivity contribution in [2.24, 2.45) is 0 Å². The first-order valence-electron chi connectivity index (χ1n) is 7.72. The van der Waals surface area contributed by atoms with Crippen LogP contribution < -0.4 is 5.19 Å². The summed E-state index contributed by atoms with van der Waals surface area (Å²) in [4.78, 5) is 0. The number of benzene rings is 1. The van der Waals surface area contributed by atoms with Crippen molar-refractivity contribution < 1.29 is 0 Å². The molecule has 0 bridgehead atoms. The third kappa shape index (κ3) is 7.00. The van der Waals surface area contributed by atoms with Gasteiger partial charge in [-0.05, 0) is 0 Å². The van der Waals surface area contributed by atoms with Crippen LogP contribution in [0, 0.1) is 0 Å². The van der Waals surface area contributed by atoms with Crippen molar-refractivity contribution in [1.82, 2.24) is 0 Å². The van der Waals surface area contributed by atoms with E-state index in [2.05, 4.69) is 43.8 Å². The number of hydrogen-bond donors (Lipinski definition) is 0. The van der Waals surface area contributed by atoms with Crippen LogP contribution in [0.1, 0.15) is 58.3 Å². The van der Waals surface area contributed by atoms with Gasteiger partial charge in [0.05, 0.1) is 8.80 Å². The fraction of sp³-hybridized carbons (Fsp3) is 0.647. The minimum Gasteiger partial charge on any atom is -0.0669 e. The van der Waals surface area contributed by atoms with Crippen molar-refractivity contribution >= 4 is 14.0 Å². The van der Waals surface area contributed by atoms with Crippen molar-refractivity contribution in [2.75, 3.05) is 0 Å². The molecule has 18 heavy (non-hydrogen) atoms. The van der Waals surface area contributed by atoms with Gasteiger partial charge < -0.3 is 0 Å². The van der Waals surface area contributed by atoms with Gasteiger partial charge in [0.2, 0.25) is 0 Å². The lowest BCUT2D eigenvalue weighted by molar-refractivity contribution is 0.584.